The van der Waals surface area contributed by atoms with Crippen LogP contribution in [-0.4, -0.2) is 17.8 Å². The Balaban J connectivity index is 2.22. The lowest BCUT2D eigenvalue weighted by atomic mass is 10.1. The number of aromatic amines is 1. The van der Waals surface area contributed by atoms with Crippen LogP contribution >= 0.6 is 11.8 Å². The number of H-pyrrole nitrogens is 1. The molecule has 2 N–H and O–H groups in total. The van der Waals surface area contributed by atoms with Gasteiger partial charge >= 0.3 is 0 Å². The number of thioether (sulfide) groups is 1. The van der Waals surface area contributed by atoms with Gasteiger partial charge in [0, 0.05) is 41.0 Å². The van der Waals surface area contributed by atoms with Crippen LogP contribution in [0.2, 0.25) is 0 Å². The molecule has 3 rings (SSSR count). The standard InChI is InChI=1S/C12H14N2S/c1-15-8-2-3-9-10-7-13-5-4-11(10)14-12(9)6-8/h2-3,6,13-14H,4-5,7H2,1H3. The van der Waals surface area contributed by atoms with Crippen LogP contribution in [-0.2, 0) is 13.0 Å². The predicted octanol–water partition coefficient (Wildman–Crippen LogP) is 2.54. The van der Waals surface area contributed by atoms with Crippen molar-refractivity contribution in [3.8, 4) is 0 Å². The lowest BCUT2D eigenvalue weighted by Gasteiger charge is -2.12. The number of nitrogens with one attached hydrogen (secondary N) is 2. The zero-order valence-corrected chi connectivity index (χ0v) is 9.58. The molecule has 3 heteroatoms. The summed E-state index contributed by atoms with van der Waals surface area (Å²) in [4.78, 5) is 4.87. The Morgan fingerprint density at radius 1 is 1.33 bits per heavy atom. The zero-order chi connectivity index (χ0) is 10.3. The minimum absolute atomic E-state index is 1.01. The third kappa shape index (κ3) is 1.46. The lowest BCUT2D eigenvalue weighted by molar-refractivity contribution is 0.641. The molecule has 0 aliphatic carbocycles. The Morgan fingerprint density at radius 3 is 3.13 bits per heavy atom. The molecule has 0 amide bonds. The fourth-order valence-corrected chi connectivity index (χ4v) is 2.70. The number of fused-ring (bicyclic) bond motifs is 3. The summed E-state index contributed by atoms with van der Waals surface area (Å²) in [6.07, 6.45) is 3.24. The smallest absolute Gasteiger partial charge is 0.0470 e. The van der Waals surface area contributed by atoms with Gasteiger partial charge in [0.15, 0.2) is 0 Å². The second kappa shape index (κ2) is 3.58. The van der Waals surface area contributed by atoms with Crippen molar-refractivity contribution < 1.29 is 0 Å². The molecule has 2 nitrogen and oxygen atoms in total. The summed E-state index contributed by atoms with van der Waals surface area (Å²) in [7, 11) is 0. The molecule has 0 saturated heterocycles. The summed E-state index contributed by atoms with van der Waals surface area (Å²) in [6, 6.07) is 6.69. The summed E-state index contributed by atoms with van der Waals surface area (Å²) in [6.45, 7) is 2.10. The van der Waals surface area contributed by atoms with Gasteiger partial charge in [0.2, 0.25) is 0 Å². The SMILES string of the molecule is CSc1ccc2c3c([nH]c2c1)CCNC3. The first kappa shape index (κ1) is 9.31. The summed E-state index contributed by atoms with van der Waals surface area (Å²) in [5.41, 5.74) is 4.17. The van der Waals surface area contributed by atoms with E-state index in [2.05, 4.69) is 34.8 Å². The van der Waals surface area contributed by atoms with Crippen molar-refractivity contribution in [3.05, 3.63) is 29.5 Å². The third-order valence-corrected chi connectivity index (χ3v) is 3.78. The second-order valence-electron chi connectivity index (χ2n) is 3.92. The number of rotatable bonds is 1. The van der Waals surface area contributed by atoms with Crippen LogP contribution in [0, 0.1) is 0 Å². The van der Waals surface area contributed by atoms with Crippen LogP contribution in [0.5, 0.6) is 0 Å². The number of benzene rings is 1. The van der Waals surface area contributed by atoms with Gasteiger partial charge in [0.25, 0.3) is 0 Å². The average Bonchev–Trinajstić information content (AvgIpc) is 2.66. The van der Waals surface area contributed by atoms with E-state index in [1.54, 1.807) is 11.8 Å². The van der Waals surface area contributed by atoms with Crippen LogP contribution < -0.4 is 5.32 Å². The van der Waals surface area contributed by atoms with Crippen LogP contribution in [0.15, 0.2) is 23.1 Å². The zero-order valence-electron chi connectivity index (χ0n) is 8.76. The molecular weight excluding hydrogens is 204 g/mol. The molecule has 78 valence electrons. The Hall–Kier alpha value is -0.930. The fourth-order valence-electron chi connectivity index (χ4n) is 2.26. The van der Waals surface area contributed by atoms with E-state index in [4.69, 9.17) is 0 Å². The summed E-state index contributed by atoms with van der Waals surface area (Å²) >= 11 is 1.79. The lowest BCUT2D eigenvalue weighted by Crippen LogP contribution is -2.22. The van der Waals surface area contributed by atoms with Crippen molar-refractivity contribution in [1.82, 2.24) is 10.3 Å². The van der Waals surface area contributed by atoms with E-state index in [0.29, 0.717) is 0 Å². The van der Waals surface area contributed by atoms with E-state index in [0.717, 1.165) is 19.5 Å². The fraction of sp³-hybridized carbons (Fsp3) is 0.333. The molecule has 0 spiro atoms. The minimum Gasteiger partial charge on any atom is -0.358 e. The number of hydrogen-bond acceptors (Lipinski definition) is 2. The van der Waals surface area contributed by atoms with Crippen LogP contribution in [0.4, 0.5) is 0 Å². The van der Waals surface area contributed by atoms with Crippen LogP contribution in [0.1, 0.15) is 11.3 Å². The summed E-state index contributed by atoms with van der Waals surface area (Å²) in [5, 5.41) is 4.81. The van der Waals surface area contributed by atoms with Crippen LogP contribution in [0.3, 0.4) is 0 Å². The normalized spacial score (nSPS) is 15.5. The molecule has 0 fully saturated rings. The largest absolute Gasteiger partial charge is 0.358 e. The Kier molecular flexibility index (Phi) is 2.22. The molecule has 2 heterocycles. The minimum atomic E-state index is 1.01. The Bertz CT molecular complexity index is 502. The molecule has 1 aliphatic rings. The van der Waals surface area contributed by atoms with Gasteiger partial charge in [-0.2, -0.15) is 0 Å². The molecule has 1 aromatic carbocycles. The molecule has 1 aliphatic heterocycles. The molecule has 0 unspecified atom stereocenters. The highest BCUT2D eigenvalue weighted by molar-refractivity contribution is 7.98. The highest BCUT2D eigenvalue weighted by Crippen LogP contribution is 2.28. The third-order valence-electron chi connectivity index (χ3n) is 3.06. The van der Waals surface area contributed by atoms with Crippen molar-refractivity contribution >= 4 is 22.7 Å². The van der Waals surface area contributed by atoms with Crippen molar-refractivity contribution in [1.29, 1.82) is 0 Å². The highest BCUT2D eigenvalue weighted by atomic mass is 32.2. The maximum atomic E-state index is 3.54. The molecule has 1 aromatic heterocycles. The van der Waals surface area contributed by atoms with Crippen molar-refractivity contribution in [2.24, 2.45) is 0 Å². The predicted molar refractivity (Wildman–Crippen MR) is 65.5 cm³/mol. The van der Waals surface area contributed by atoms with Gasteiger partial charge in [0.1, 0.15) is 0 Å². The molecule has 0 saturated carbocycles. The van der Waals surface area contributed by atoms with Gasteiger partial charge < -0.3 is 10.3 Å². The van der Waals surface area contributed by atoms with Gasteiger partial charge in [-0.15, -0.1) is 11.8 Å². The molecular formula is C12H14N2S. The molecule has 0 atom stereocenters. The number of aromatic nitrogens is 1. The van der Waals surface area contributed by atoms with E-state index in [9.17, 15) is 0 Å². The van der Waals surface area contributed by atoms with Crippen molar-refractivity contribution in [2.45, 2.75) is 17.9 Å². The maximum absolute atomic E-state index is 3.54. The Labute approximate surface area is 93.4 Å². The second-order valence-corrected chi connectivity index (χ2v) is 4.80. The van der Waals surface area contributed by atoms with E-state index in [-0.39, 0.29) is 0 Å². The van der Waals surface area contributed by atoms with Gasteiger partial charge in [-0.05, 0) is 24.0 Å². The summed E-state index contributed by atoms with van der Waals surface area (Å²) < 4.78 is 0. The first-order chi connectivity index (χ1) is 7.38. The maximum Gasteiger partial charge on any atom is 0.0470 e. The Morgan fingerprint density at radius 2 is 2.27 bits per heavy atom. The van der Waals surface area contributed by atoms with Crippen molar-refractivity contribution in [3.63, 3.8) is 0 Å². The van der Waals surface area contributed by atoms with Crippen LogP contribution in [0.25, 0.3) is 10.9 Å². The highest BCUT2D eigenvalue weighted by Gasteiger charge is 2.14. The van der Waals surface area contributed by atoms with Gasteiger partial charge in [-0.1, -0.05) is 6.07 Å². The summed E-state index contributed by atoms with van der Waals surface area (Å²) in [5.74, 6) is 0. The monoisotopic (exact) mass is 218 g/mol. The first-order valence-corrected chi connectivity index (χ1v) is 6.49. The molecule has 0 radical (unpaired) electrons. The van der Waals surface area contributed by atoms with Gasteiger partial charge in [-0.3, -0.25) is 0 Å². The molecule has 15 heavy (non-hydrogen) atoms. The van der Waals surface area contributed by atoms with E-state index in [1.165, 1.54) is 27.1 Å². The first-order valence-electron chi connectivity index (χ1n) is 5.26. The van der Waals surface area contributed by atoms with Gasteiger partial charge in [0.05, 0.1) is 0 Å². The average molecular weight is 218 g/mol. The van der Waals surface area contributed by atoms with Gasteiger partial charge in [-0.25, -0.2) is 0 Å². The number of hydrogen-bond donors (Lipinski definition) is 2. The van der Waals surface area contributed by atoms with E-state index < -0.39 is 0 Å². The van der Waals surface area contributed by atoms with Crippen molar-refractivity contribution in [2.75, 3.05) is 12.8 Å². The van der Waals surface area contributed by atoms with E-state index >= 15 is 0 Å². The van der Waals surface area contributed by atoms with E-state index in [1.807, 2.05) is 0 Å². The topological polar surface area (TPSA) is 27.8 Å². The quantitative estimate of drug-likeness (QED) is 0.720. The molecule has 2 aromatic rings. The molecule has 0 bridgehead atoms.